The summed E-state index contributed by atoms with van der Waals surface area (Å²) in [4.78, 5) is 0. The van der Waals surface area contributed by atoms with Gasteiger partial charge in [0.05, 0.1) is 0 Å². The molecule has 0 radical (unpaired) electrons. The van der Waals surface area contributed by atoms with Crippen molar-refractivity contribution >= 4 is 11.4 Å². The summed E-state index contributed by atoms with van der Waals surface area (Å²) in [6.45, 7) is 5.08. The molecule has 1 heterocycles. The highest BCUT2D eigenvalue weighted by molar-refractivity contribution is 6.07. The molecule has 2 aliphatic rings. The third-order valence-corrected chi connectivity index (χ3v) is 5.20. The third kappa shape index (κ3) is 2.08. The molecule has 1 aliphatic heterocycles. The Morgan fingerprint density at radius 1 is 1.33 bits per heavy atom. The van der Waals surface area contributed by atoms with Gasteiger partial charge in [0.1, 0.15) is 17.1 Å². The molecule has 7 heteroatoms. The van der Waals surface area contributed by atoms with Crippen LogP contribution in [-0.4, -0.2) is 42.8 Å². The number of hydrogen-bond donors (Lipinski definition) is 2. The van der Waals surface area contributed by atoms with E-state index in [1.54, 1.807) is 26.8 Å². The van der Waals surface area contributed by atoms with Crippen LogP contribution in [0, 0.1) is 17.9 Å². The quantitative estimate of drug-likeness (QED) is 0.358. The van der Waals surface area contributed by atoms with E-state index >= 15 is 0 Å². The Labute approximate surface area is 140 Å². The number of nitrogens with zero attached hydrogens (tertiary/aromatic N) is 3. The van der Waals surface area contributed by atoms with Crippen LogP contribution in [0.4, 0.5) is 4.39 Å². The Kier molecular flexibility index (Phi) is 3.88. The van der Waals surface area contributed by atoms with E-state index in [2.05, 4.69) is 5.16 Å². The second-order valence-electron chi connectivity index (χ2n) is 7.05. The fraction of sp³-hybridized carbons (Fsp3) is 0.529. The summed E-state index contributed by atoms with van der Waals surface area (Å²) in [6, 6.07) is 4.45. The lowest BCUT2D eigenvalue weighted by Crippen LogP contribution is -2.60. The van der Waals surface area contributed by atoms with Gasteiger partial charge >= 0.3 is 0 Å². The lowest BCUT2D eigenvalue weighted by molar-refractivity contribution is -0.568. The monoisotopic (exact) mass is 335 g/mol. The van der Waals surface area contributed by atoms with Crippen molar-refractivity contribution in [1.82, 2.24) is 5.06 Å². The molecule has 1 aromatic carbocycles. The van der Waals surface area contributed by atoms with Crippen LogP contribution < -0.4 is 0 Å². The summed E-state index contributed by atoms with van der Waals surface area (Å²) in [5, 5.41) is 37.8. The first-order valence-electron chi connectivity index (χ1n) is 8.08. The second-order valence-corrected chi connectivity index (χ2v) is 7.05. The van der Waals surface area contributed by atoms with Crippen molar-refractivity contribution in [2.75, 3.05) is 0 Å². The predicted molar refractivity (Wildman–Crippen MR) is 87.0 cm³/mol. The van der Waals surface area contributed by atoms with Gasteiger partial charge in [-0.25, -0.2) is 4.39 Å². The predicted octanol–water partition coefficient (Wildman–Crippen LogP) is 3.02. The number of oxime groups is 1. The molecule has 1 atom stereocenters. The maximum atomic E-state index is 13.6. The van der Waals surface area contributed by atoms with Crippen LogP contribution in [0.25, 0.3) is 0 Å². The first kappa shape index (κ1) is 16.9. The molecular formula is C17H22FN3O3. The highest BCUT2D eigenvalue weighted by atomic mass is 19.1. The van der Waals surface area contributed by atoms with Crippen molar-refractivity contribution in [3.05, 3.63) is 40.4 Å². The van der Waals surface area contributed by atoms with Crippen molar-refractivity contribution in [2.24, 2.45) is 5.16 Å². The Morgan fingerprint density at radius 3 is 2.67 bits per heavy atom. The molecule has 1 fully saturated rings. The topological polar surface area (TPSA) is 82.1 Å². The van der Waals surface area contributed by atoms with Crippen LogP contribution in [0.1, 0.15) is 50.7 Å². The molecule has 6 nitrogen and oxygen atoms in total. The van der Waals surface area contributed by atoms with Crippen molar-refractivity contribution in [1.29, 1.82) is 0 Å². The maximum absolute atomic E-state index is 13.6. The molecule has 0 bridgehead atoms. The summed E-state index contributed by atoms with van der Waals surface area (Å²) < 4.78 is 14.3. The standard InChI is InChI=1S/C17H22FN3O3/c1-11-10-12(7-8-13(11)18)15-16(2,3)21(24)17(20(15)23)9-5-4-6-14(17)19-22/h7-8,10,22,24H,4-6,9H2,1-3H3/t17-/m1/s1. The van der Waals surface area contributed by atoms with E-state index in [0.29, 0.717) is 29.7 Å². The van der Waals surface area contributed by atoms with E-state index in [9.17, 15) is 20.0 Å². The van der Waals surface area contributed by atoms with Gasteiger partial charge in [-0.3, -0.25) is 0 Å². The second kappa shape index (κ2) is 5.53. The van der Waals surface area contributed by atoms with Crippen molar-refractivity contribution in [3.8, 4) is 0 Å². The van der Waals surface area contributed by atoms with Gasteiger partial charge < -0.3 is 15.6 Å². The molecule has 130 valence electrons. The first-order chi connectivity index (χ1) is 11.3. The van der Waals surface area contributed by atoms with Crippen LogP contribution in [0.2, 0.25) is 0 Å². The highest BCUT2D eigenvalue weighted by Crippen LogP contribution is 2.42. The van der Waals surface area contributed by atoms with E-state index < -0.39 is 11.2 Å². The number of benzene rings is 1. The SMILES string of the molecule is Cc1cc(C2=[N+]([O-])[C@]3(CCCCC3=NO)N(O)C2(C)C)ccc1F. The van der Waals surface area contributed by atoms with Crippen molar-refractivity contribution < 1.29 is 19.5 Å². The van der Waals surface area contributed by atoms with Crippen LogP contribution in [0.5, 0.6) is 0 Å². The first-order valence-corrected chi connectivity index (χ1v) is 8.08. The zero-order valence-corrected chi connectivity index (χ0v) is 14.1. The van der Waals surface area contributed by atoms with Gasteiger partial charge in [-0.15, -0.1) is 5.06 Å². The summed E-state index contributed by atoms with van der Waals surface area (Å²) in [5.74, 6) is -0.349. The minimum absolute atomic E-state index is 0.258. The molecule has 1 spiro atoms. The number of rotatable bonds is 1. The van der Waals surface area contributed by atoms with Gasteiger partial charge in [0.15, 0.2) is 0 Å². The molecular weight excluding hydrogens is 313 g/mol. The molecule has 1 aromatic rings. The largest absolute Gasteiger partial charge is 0.622 e. The normalized spacial score (nSPS) is 29.0. The van der Waals surface area contributed by atoms with E-state index in [1.165, 1.54) is 12.1 Å². The molecule has 1 saturated carbocycles. The minimum atomic E-state index is -1.41. The summed E-state index contributed by atoms with van der Waals surface area (Å²) in [6.07, 6.45) is 2.34. The van der Waals surface area contributed by atoms with Gasteiger partial charge in [0.25, 0.3) is 5.66 Å². The number of aryl methyl sites for hydroxylation is 1. The van der Waals surface area contributed by atoms with Crippen molar-refractivity contribution in [2.45, 2.75) is 57.7 Å². The molecule has 3 rings (SSSR count). The van der Waals surface area contributed by atoms with Crippen LogP contribution in [0.15, 0.2) is 23.4 Å². The van der Waals surface area contributed by atoms with Crippen molar-refractivity contribution in [3.63, 3.8) is 0 Å². The Morgan fingerprint density at radius 2 is 2.04 bits per heavy atom. The molecule has 24 heavy (non-hydrogen) atoms. The molecule has 2 N–H and O–H groups in total. The Balaban J connectivity index is 2.24. The van der Waals surface area contributed by atoms with Gasteiger partial charge in [-0.1, -0.05) is 5.16 Å². The zero-order chi connectivity index (χ0) is 17.7. The number of halogens is 1. The average Bonchev–Trinajstić information content (AvgIpc) is 2.70. The van der Waals surface area contributed by atoms with Crippen LogP contribution >= 0.6 is 0 Å². The molecule has 0 aromatic heterocycles. The highest BCUT2D eigenvalue weighted by Gasteiger charge is 2.65. The van der Waals surface area contributed by atoms with Gasteiger partial charge in [0.2, 0.25) is 5.71 Å². The summed E-state index contributed by atoms with van der Waals surface area (Å²) in [5.41, 5.74) is -0.862. The van der Waals surface area contributed by atoms with E-state index in [0.717, 1.165) is 22.6 Å². The lowest BCUT2D eigenvalue weighted by atomic mass is 9.86. The van der Waals surface area contributed by atoms with E-state index in [-0.39, 0.29) is 11.5 Å². The average molecular weight is 335 g/mol. The molecule has 0 unspecified atom stereocenters. The Hall–Kier alpha value is -1.99. The van der Waals surface area contributed by atoms with Crippen LogP contribution in [-0.2, 0) is 0 Å². The molecule has 0 amide bonds. The summed E-state index contributed by atoms with van der Waals surface area (Å²) in [7, 11) is 0. The maximum Gasteiger partial charge on any atom is 0.293 e. The smallest absolute Gasteiger partial charge is 0.293 e. The molecule has 1 aliphatic carbocycles. The fourth-order valence-electron chi connectivity index (χ4n) is 3.93. The van der Waals surface area contributed by atoms with Gasteiger partial charge in [0, 0.05) is 12.0 Å². The van der Waals surface area contributed by atoms with E-state index in [1.807, 2.05) is 0 Å². The lowest BCUT2D eigenvalue weighted by Gasteiger charge is -2.38. The fourth-order valence-corrected chi connectivity index (χ4v) is 3.93. The van der Waals surface area contributed by atoms with Gasteiger partial charge in [-0.2, -0.15) is 4.74 Å². The van der Waals surface area contributed by atoms with E-state index in [4.69, 9.17) is 0 Å². The number of hydrogen-bond acceptors (Lipinski definition) is 5. The third-order valence-electron chi connectivity index (χ3n) is 5.20. The zero-order valence-electron chi connectivity index (χ0n) is 14.1. The van der Waals surface area contributed by atoms with Gasteiger partial charge in [-0.05, 0) is 63.8 Å². The minimum Gasteiger partial charge on any atom is -0.622 e. The Bertz CT molecular complexity index is 745. The van der Waals surface area contributed by atoms with Crippen LogP contribution in [0.3, 0.4) is 0 Å². The number of hydroxylamine groups is 3. The molecule has 0 saturated heterocycles. The summed E-state index contributed by atoms with van der Waals surface area (Å²) >= 11 is 0.